The van der Waals surface area contributed by atoms with E-state index in [1.807, 2.05) is 0 Å². The third-order valence-corrected chi connectivity index (χ3v) is 2.00. The van der Waals surface area contributed by atoms with Crippen molar-refractivity contribution in [1.29, 1.82) is 0 Å². The first-order valence-electron chi connectivity index (χ1n) is 4.10. The Morgan fingerprint density at radius 1 is 1.07 bits per heavy atom. The molecule has 0 fully saturated rings. The molecule has 1 aromatic heterocycles. The maximum absolute atomic E-state index is 12.9. The quantitative estimate of drug-likeness (QED) is 0.747. The largest absolute Gasteiger partial charge is 0.259 e. The molecule has 2 rings (SSSR count). The highest BCUT2D eigenvalue weighted by atomic mass is 35.5. The lowest BCUT2D eigenvalue weighted by Gasteiger charge is -2.00. The average Bonchev–Trinajstić information content (AvgIpc) is 2.22. The van der Waals surface area contributed by atoms with Gasteiger partial charge in [-0.25, -0.2) is 13.8 Å². The summed E-state index contributed by atoms with van der Waals surface area (Å²) >= 11 is 5.62. The van der Waals surface area contributed by atoms with Gasteiger partial charge < -0.3 is 0 Å². The van der Waals surface area contributed by atoms with E-state index in [-0.39, 0.29) is 5.15 Å². The van der Waals surface area contributed by atoms with E-state index in [4.69, 9.17) is 11.6 Å². The topological polar surface area (TPSA) is 25.8 Å². The molecule has 2 nitrogen and oxygen atoms in total. The van der Waals surface area contributed by atoms with Gasteiger partial charge in [0.15, 0.2) is 11.6 Å². The molecule has 1 aromatic carbocycles. The summed E-state index contributed by atoms with van der Waals surface area (Å²) in [5.74, 6) is -1.82. The molecule has 5 heteroatoms. The Kier molecular flexibility index (Phi) is 2.60. The van der Waals surface area contributed by atoms with Crippen LogP contribution in [-0.4, -0.2) is 9.97 Å². The van der Waals surface area contributed by atoms with E-state index >= 15 is 0 Å². The minimum atomic E-state index is -0.922. The summed E-state index contributed by atoms with van der Waals surface area (Å²) in [7, 11) is 0. The standard InChI is InChI=1S/C10H5ClF2N2/c11-10-5-14-4-9(15-10)6-1-2-7(12)8(13)3-6/h1-5H. The maximum Gasteiger partial charge on any atom is 0.159 e. The monoisotopic (exact) mass is 226 g/mol. The SMILES string of the molecule is Fc1ccc(-c2cncc(Cl)n2)cc1F. The highest BCUT2D eigenvalue weighted by molar-refractivity contribution is 6.29. The Bertz CT molecular complexity index is 503. The van der Waals surface area contributed by atoms with Crippen molar-refractivity contribution in [3.05, 3.63) is 47.4 Å². The van der Waals surface area contributed by atoms with Crippen molar-refractivity contribution in [3.63, 3.8) is 0 Å². The van der Waals surface area contributed by atoms with Crippen LogP contribution in [-0.2, 0) is 0 Å². The van der Waals surface area contributed by atoms with Gasteiger partial charge in [0.25, 0.3) is 0 Å². The summed E-state index contributed by atoms with van der Waals surface area (Å²) in [4.78, 5) is 7.73. The molecule has 0 saturated heterocycles. The molecule has 15 heavy (non-hydrogen) atoms. The molecule has 0 saturated carbocycles. The minimum absolute atomic E-state index is 0.206. The second kappa shape index (κ2) is 3.90. The summed E-state index contributed by atoms with van der Waals surface area (Å²) in [6, 6.07) is 3.50. The van der Waals surface area contributed by atoms with E-state index in [2.05, 4.69) is 9.97 Å². The number of hydrogen-bond acceptors (Lipinski definition) is 2. The molecule has 0 spiro atoms. The fourth-order valence-electron chi connectivity index (χ4n) is 1.14. The number of aromatic nitrogens is 2. The van der Waals surface area contributed by atoms with Crippen molar-refractivity contribution < 1.29 is 8.78 Å². The number of halogens is 3. The lowest BCUT2D eigenvalue weighted by Crippen LogP contribution is -1.89. The molecular formula is C10H5ClF2N2. The molecule has 0 atom stereocenters. The molecular weight excluding hydrogens is 222 g/mol. The van der Waals surface area contributed by atoms with Gasteiger partial charge in [0, 0.05) is 5.56 Å². The highest BCUT2D eigenvalue weighted by Gasteiger charge is 2.05. The lowest BCUT2D eigenvalue weighted by atomic mass is 10.1. The Morgan fingerprint density at radius 3 is 2.53 bits per heavy atom. The van der Waals surface area contributed by atoms with Crippen LogP contribution in [0.4, 0.5) is 8.78 Å². The normalized spacial score (nSPS) is 10.3. The first kappa shape index (κ1) is 9.98. The molecule has 0 aliphatic rings. The third kappa shape index (κ3) is 2.10. The zero-order chi connectivity index (χ0) is 10.8. The van der Waals surface area contributed by atoms with E-state index < -0.39 is 11.6 Å². The molecule has 0 unspecified atom stereocenters. The summed E-state index contributed by atoms with van der Waals surface area (Å²) in [6.07, 6.45) is 2.80. The first-order valence-corrected chi connectivity index (χ1v) is 4.47. The van der Waals surface area contributed by atoms with Gasteiger partial charge in [-0.2, -0.15) is 0 Å². The number of benzene rings is 1. The smallest absolute Gasteiger partial charge is 0.159 e. The van der Waals surface area contributed by atoms with Gasteiger partial charge in [-0.3, -0.25) is 4.98 Å². The van der Waals surface area contributed by atoms with Crippen molar-refractivity contribution in [1.82, 2.24) is 9.97 Å². The second-order valence-electron chi connectivity index (χ2n) is 2.86. The summed E-state index contributed by atoms with van der Waals surface area (Å²) in [5, 5.41) is 0.206. The van der Waals surface area contributed by atoms with Crippen LogP contribution in [0.15, 0.2) is 30.6 Å². The van der Waals surface area contributed by atoms with Crippen LogP contribution in [0.5, 0.6) is 0 Å². The van der Waals surface area contributed by atoms with Crippen LogP contribution in [0.3, 0.4) is 0 Å². The fourth-order valence-corrected chi connectivity index (χ4v) is 1.28. The van der Waals surface area contributed by atoms with Gasteiger partial charge >= 0.3 is 0 Å². The molecule has 0 aliphatic carbocycles. The molecule has 2 aromatic rings. The zero-order valence-electron chi connectivity index (χ0n) is 7.42. The van der Waals surface area contributed by atoms with Crippen molar-refractivity contribution >= 4 is 11.6 Å². The summed E-state index contributed by atoms with van der Waals surface area (Å²) in [5.41, 5.74) is 0.838. The molecule has 0 radical (unpaired) electrons. The van der Waals surface area contributed by atoms with Crippen molar-refractivity contribution in [3.8, 4) is 11.3 Å². The predicted molar refractivity (Wildman–Crippen MR) is 52.4 cm³/mol. The van der Waals surface area contributed by atoms with Gasteiger partial charge in [-0.1, -0.05) is 11.6 Å². The Balaban J connectivity index is 2.50. The van der Waals surface area contributed by atoms with E-state index in [1.54, 1.807) is 0 Å². The minimum Gasteiger partial charge on any atom is -0.259 e. The van der Waals surface area contributed by atoms with Crippen molar-refractivity contribution in [2.45, 2.75) is 0 Å². The fraction of sp³-hybridized carbons (Fsp3) is 0. The van der Waals surface area contributed by atoms with Gasteiger partial charge in [-0.15, -0.1) is 0 Å². The van der Waals surface area contributed by atoms with E-state index in [0.29, 0.717) is 11.3 Å². The van der Waals surface area contributed by atoms with Crippen molar-refractivity contribution in [2.24, 2.45) is 0 Å². The third-order valence-electron chi connectivity index (χ3n) is 1.82. The van der Waals surface area contributed by atoms with Crippen LogP contribution < -0.4 is 0 Å². The molecule has 0 aliphatic heterocycles. The summed E-state index contributed by atoms with van der Waals surface area (Å²) in [6.45, 7) is 0. The molecule has 0 amide bonds. The number of hydrogen-bond donors (Lipinski definition) is 0. The van der Waals surface area contributed by atoms with Crippen LogP contribution in [0.25, 0.3) is 11.3 Å². The number of nitrogens with zero attached hydrogens (tertiary/aromatic N) is 2. The summed E-state index contributed by atoms with van der Waals surface area (Å²) < 4.78 is 25.6. The van der Waals surface area contributed by atoms with Gasteiger partial charge in [-0.05, 0) is 18.2 Å². The maximum atomic E-state index is 12.9. The first-order chi connectivity index (χ1) is 7.16. The number of rotatable bonds is 1. The molecule has 76 valence electrons. The predicted octanol–water partition coefficient (Wildman–Crippen LogP) is 3.08. The molecule has 0 N–H and O–H groups in total. The van der Waals surface area contributed by atoms with Crippen molar-refractivity contribution in [2.75, 3.05) is 0 Å². The lowest BCUT2D eigenvalue weighted by molar-refractivity contribution is 0.509. The van der Waals surface area contributed by atoms with E-state index in [0.717, 1.165) is 12.1 Å². The van der Waals surface area contributed by atoms with Gasteiger partial charge in [0.2, 0.25) is 0 Å². The Morgan fingerprint density at radius 2 is 1.87 bits per heavy atom. The van der Waals surface area contributed by atoms with E-state index in [1.165, 1.54) is 18.5 Å². The van der Waals surface area contributed by atoms with Gasteiger partial charge in [0.1, 0.15) is 5.15 Å². The molecule has 0 bridgehead atoms. The van der Waals surface area contributed by atoms with Crippen LogP contribution in [0, 0.1) is 11.6 Å². The van der Waals surface area contributed by atoms with Crippen LogP contribution in [0.2, 0.25) is 5.15 Å². The zero-order valence-corrected chi connectivity index (χ0v) is 8.17. The van der Waals surface area contributed by atoms with Crippen LogP contribution >= 0.6 is 11.6 Å². The average molecular weight is 227 g/mol. The highest BCUT2D eigenvalue weighted by Crippen LogP contribution is 2.19. The Labute approximate surface area is 89.6 Å². The van der Waals surface area contributed by atoms with Gasteiger partial charge in [0.05, 0.1) is 18.1 Å². The second-order valence-corrected chi connectivity index (χ2v) is 3.24. The van der Waals surface area contributed by atoms with E-state index in [9.17, 15) is 8.78 Å². The Hall–Kier alpha value is -1.55. The molecule has 1 heterocycles. The van der Waals surface area contributed by atoms with Crippen LogP contribution in [0.1, 0.15) is 0 Å².